The molecule has 0 aliphatic rings. The molecule has 0 aliphatic heterocycles. The second-order valence-corrected chi connectivity index (χ2v) is 12.8. The van der Waals surface area contributed by atoms with Crippen LogP contribution in [0.4, 0.5) is 10.5 Å². The molecule has 43 heavy (non-hydrogen) atoms. The Morgan fingerprint density at radius 3 is 2.56 bits per heavy atom. The molecule has 3 N–H and O–H groups in total. The summed E-state index contributed by atoms with van der Waals surface area (Å²) in [5.41, 5.74) is 6.15. The summed E-state index contributed by atoms with van der Waals surface area (Å²) in [6, 6.07) is 7.81. The Morgan fingerprint density at radius 1 is 1.14 bits per heavy atom. The Balaban J connectivity index is 1.70. The lowest BCUT2D eigenvalue weighted by molar-refractivity contribution is 0.0921. The minimum absolute atomic E-state index is 0.000777. The lowest BCUT2D eigenvalue weighted by Crippen LogP contribution is -2.41. The topological polar surface area (TPSA) is 158 Å². The zero-order chi connectivity index (χ0) is 31.5. The van der Waals surface area contributed by atoms with Crippen molar-refractivity contribution in [1.82, 2.24) is 40.6 Å². The van der Waals surface area contributed by atoms with E-state index in [1.165, 1.54) is 16.9 Å². The highest BCUT2D eigenvalue weighted by Crippen LogP contribution is 2.30. The molecule has 1 unspecified atom stereocenters. The van der Waals surface area contributed by atoms with Gasteiger partial charge in [0.15, 0.2) is 5.82 Å². The van der Waals surface area contributed by atoms with Crippen LogP contribution in [0.15, 0.2) is 42.7 Å². The summed E-state index contributed by atoms with van der Waals surface area (Å²) in [5.74, 6) is -1.12. The number of rotatable bonds is 8. The summed E-state index contributed by atoms with van der Waals surface area (Å²) in [6.45, 7) is 8.18. The third kappa shape index (κ3) is 7.25. The van der Waals surface area contributed by atoms with Gasteiger partial charge in [0.1, 0.15) is 5.69 Å². The van der Waals surface area contributed by atoms with Crippen LogP contribution in [0.1, 0.15) is 58.6 Å². The quantitative estimate of drug-likeness (QED) is 0.131. The van der Waals surface area contributed by atoms with Crippen molar-refractivity contribution in [2.45, 2.75) is 43.6 Å². The van der Waals surface area contributed by atoms with Gasteiger partial charge < -0.3 is 10.1 Å². The van der Waals surface area contributed by atoms with Gasteiger partial charge in [-0.1, -0.05) is 71.8 Å². The lowest BCUT2D eigenvalue weighted by atomic mass is 9.87. The first-order valence-electron chi connectivity index (χ1n) is 12.8. The highest BCUT2D eigenvalue weighted by atomic mass is 127. The first-order valence-corrected chi connectivity index (χ1v) is 14.8. The smallest absolute Gasteiger partial charge is 0.425 e. The number of methoxy groups -OCH3 is 1. The number of ether oxygens (including phenoxy) is 1. The van der Waals surface area contributed by atoms with E-state index >= 15 is 0 Å². The molecule has 0 bridgehead atoms. The SMILES string of the molecule is COC(=O)NNC(=O)c1cc(Cl)cc(C)c1NC(=O)c1cc(Cn2cc(C(C)(C)C(C)I)nn2)nn1-c1ncccc1Cl. The van der Waals surface area contributed by atoms with E-state index in [1.807, 2.05) is 6.20 Å². The molecule has 0 spiro atoms. The zero-order valence-electron chi connectivity index (χ0n) is 23.8. The fourth-order valence-corrected chi connectivity index (χ4v) is 4.69. The summed E-state index contributed by atoms with van der Waals surface area (Å²) in [4.78, 5) is 42.5. The molecule has 0 aliphatic carbocycles. The molecule has 0 saturated heterocycles. The molecule has 4 rings (SSSR count). The number of pyridine rings is 1. The zero-order valence-corrected chi connectivity index (χ0v) is 27.4. The number of aromatic nitrogens is 6. The Kier molecular flexibility index (Phi) is 9.92. The number of benzene rings is 1. The Labute approximate surface area is 270 Å². The average Bonchev–Trinajstić information content (AvgIpc) is 3.61. The van der Waals surface area contributed by atoms with Crippen LogP contribution in [0.3, 0.4) is 0 Å². The largest absolute Gasteiger partial charge is 0.452 e. The molecule has 16 heteroatoms. The first kappa shape index (κ1) is 32.2. The molecule has 0 saturated carbocycles. The number of nitrogens with zero attached hydrogens (tertiary/aromatic N) is 6. The summed E-state index contributed by atoms with van der Waals surface area (Å²) < 4.78 is 7.75. The van der Waals surface area contributed by atoms with Gasteiger partial charge in [-0.15, -0.1) is 5.10 Å². The molecule has 1 aromatic carbocycles. The monoisotopic (exact) mass is 739 g/mol. The molecule has 4 aromatic rings. The Bertz CT molecular complexity index is 1690. The van der Waals surface area contributed by atoms with Gasteiger partial charge in [0.05, 0.1) is 41.3 Å². The standard InChI is InChI=1S/C27H28Cl2IN9O4/c1-14-9-16(28)10-18(24(40)34-35-26(42)43-5)22(14)32-25(41)20-11-17(36-39(20)23-19(29)7-6-8-31-23)12-38-13-21(33-37-38)27(3,4)15(2)30/h6-11,13,15H,12H2,1-5H3,(H,32,41)(H,34,40)(H,35,42). The maximum atomic E-state index is 13.8. The maximum Gasteiger partial charge on any atom is 0.425 e. The van der Waals surface area contributed by atoms with Crippen molar-refractivity contribution < 1.29 is 19.1 Å². The molecule has 3 amide bonds. The molecule has 1 atom stereocenters. The van der Waals surface area contributed by atoms with E-state index in [0.717, 1.165) is 12.8 Å². The maximum absolute atomic E-state index is 13.8. The second kappa shape index (κ2) is 13.3. The number of carbonyl (C=O) groups is 3. The minimum Gasteiger partial charge on any atom is -0.452 e. The van der Waals surface area contributed by atoms with Gasteiger partial charge in [0, 0.05) is 26.8 Å². The van der Waals surface area contributed by atoms with Gasteiger partial charge in [-0.2, -0.15) is 5.10 Å². The van der Waals surface area contributed by atoms with Crippen LogP contribution in [0.5, 0.6) is 0 Å². The predicted molar refractivity (Wildman–Crippen MR) is 169 cm³/mol. The fourth-order valence-electron chi connectivity index (χ4n) is 3.90. The summed E-state index contributed by atoms with van der Waals surface area (Å²) in [5, 5.41) is 16.5. The highest BCUT2D eigenvalue weighted by molar-refractivity contribution is 14.1. The van der Waals surface area contributed by atoms with Gasteiger partial charge in [0.2, 0.25) is 0 Å². The fraction of sp³-hybridized carbons (Fsp3) is 0.296. The highest BCUT2D eigenvalue weighted by Gasteiger charge is 2.29. The van der Waals surface area contributed by atoms with E-state index in [9.17, 15) is 14.4 Å². The number of aryl methyl sites for hydroxylation is 1. The summed E-state index contributed by atoms with van der Waals surface area (Å²) >= 11 is 15.0. The van der Waals surface area contributed by atoms with Crippen LogP contribution < -0.4 is 16.2 Å². The number of nitrogens with one attached hydrogen (secondary N) is 3. The van der Waals surface area contributed by atoms with E-state index in [-0.39, 0.29) is 44.8 Å². The Hall–Kier alpha value is -3.76. The van der Waals surface area contributed by atoms with E-state index in [2.05, 4.69) is 84.7 Å². The third-order valence-corrected chi connectivity index (χ3v) is 8.77. The van der Waals surface area contributed by atoms with Crippen LogP contribution in [-0.4, -0.2) is 58.7 Å². The number of hydrogen-bond donors (Lipinski definition) is 3. The summed E-state index contributed by atoms with van der Waals surface area (Å²) in [6.07, 6.45) is 2.50. The van der Waals surface area contributed by atoms with Crippen molar-refractivity contribution in [3.05, 3.63) is 81.0 Å². The number of anilines is 1. The van der Waals surface area contributed by atoms with Crippen LogP contribution in [-0.2, 0) is 16.7 Å². The molecular weight excluding hydrogens is 712 g/mol. The van der Waals surface area contributed by atoms with Crippen molar-refractivity contribution >= 4 is 69.4 Å². The number of amides is 3. The van der Waals surface area contributed by atoms with E-state index < -0.39 is 17.9 Å². The van der Waals surface area contributed by atoms with E-state index in [4.69, 9.17) is 23.2 Å². The molecule has 3 heterocycles. The van der Waals surface area contributed by atoms with E-state index in [0.29, 0.717) is 15.2 Å². The minimum atomic E-state index is -0.881. The van der Waals surface area contributed by atoms with Gasteiger partial charge in [-0.25, -0.2) is 24.6 Å². The van der Waals surface area contributed by atoms with Crippen molar-refractivity contribution in [3.63, 3.8) is 0 Å². The van der Waals surface area contributed by atoms with Crippen LogP contribution in [0.2, 0.25) is 10.0 Å². The normalized spacial score (nSPS) is 12.0. The van der Waals surface area contributed by atoms with Crippen LogP contribution >= 0.6 is 45.8 Å². The average molecular weight is 740 g/mol. The Morgan fingerprint density at radius 2 is 1.88 bits per heavy atom. The van der Waals surface area contributed by atoms with Gasteiger partial charge >= 0.3 is 6.09 Å². The summed E-state index contributed by atoms with van der Waals surface area (Å²) in [7, 11) is 1.15. The second-order valence-electron chi connectivity index (χ2n) is 10.1. The molecular formula is C27H28Cl2IN9O4. The van der Waals surface area contributed by atoms with Crippen LogP contribution in [0, 0.1) is 6.92 Å². The lowest BCUT2D eigenvalue weighted by Gasteiger charge is -2.24. The number of alkyl halides is 1. The number of carbonyl (C=O) groups excluding carboxylic acids is 3. The first-order chi connectivity index (χ1) is 20.3. The number of halogens is 3. The van der Waals surface area contributed by atoms with Crippen molar-refractivity contribution in [2.24, 2.45) is 0 Å². The van der Waals surface area contributed by atoms with Crippen molar-refractivity contribution in [1.29, 1.82) is 0 Å². The molecule has 13 nitrogen and oxygen atoms in total. The van der Waals surface area contributed by atoms with Crippen LogP contribution in [0.25, 0.3) is 5.82 Å². The van der Waals surface area contributed by atoms with Crippen molar-refractivity contribution in [2.75, 3.05) is 12.4 Å². The molecule has 3 aromatic heterocycles. The van der Waals surface area contributed by atoms with Gasteiger partial charge in [-0.3, -0.25) is 15.0 Å². The number of hydrogen-bond acceptors (Lipinski definition) is 8. The predicted octanol–water partition coefficient (Wildman–Crippen LogP) is 4.88. The number of hydrazine groups is 1. The third-order valence-electron chi connectivity index (χ3n) is 6.70. The van der Waals surface area contributed by atoms with E-state index in [1.54, 1.807) is 35.9 Å². The molecule has 226 valence electrons. The van der Waals surface area contributed by atoms with Gasteiger partial charge in [-0.05, 0) is 42.8 Å². The van der Waals surface area contributed by atoms with Crippen molar-refractivity contribution in [3.8, 4) is 5.82 Å². The van der Waals surface area contributed by atoms with Gasteiger partial charge in [0.25, 0.3) is 11.8 Å². The molecule has 0 radical (unpaired) electrons. The molecule has 0 fully saturated rings.